The van der Waals surface area contributed by atoms with E-state index in [0.717, 1.165) is 5.92 Å². The zero-order chi connectivity index (χ0) is 11.1. The lowest BCUT2D eigenvalue weighted by Gasteiger charge is -2.26. The maximum atomic E-state index is 10.4. The highest BCUT2D eigenvalue weighted by atomic mass is 16.4. The minimum absolute atomic E-state index is 0.513. The Balaban J connectivity index is 2.20. The SMILES string of the molecule is CCCCC1CCC(/C=C/C(=O)O)CC1. The Bertz CT molecular complexity index is 213. The highest BCUT2D eigenvalue weighted by Crippen LogP contribution is 2.32. The number of aliphatic carboxylic acids is 1. The standard InChI is InChI=1S/C13H22O2/c1-2-3-4-11-5-7-12(8-6-11)9-10-13(14)15/h9-12H,2-8H2,1H3,(H,14,15)/b10-9+. The zero-order valence-corrected chi connectivity index (χ0v) is 9.61. The van der Waals surface area contributed by atoms with E-state index in [9.17, 15) is 4.79 Å². The first-order valence-corrected chi connectivity index (χ1v) is 6.13. The van der Waals surface area contributed by atoms with E-state index in [2.05, 4.69) is 6.92 Å². The molecule has 0 atom stereocenters. The Kier molecular flexibility index (Phi) is 5.44. The Hall–Kier alpha value is -0.790. The van der Waals surface area contributed by atoms with Crippen LogP contribution >= 0.6 is 0 Å². The third-order valence-corrected chi connectivity index (χ3v) is 3.37. The molecule has 1 saturated carbocycles. The average molecular weight is 210 g/mol. The van der Waals surface area contributed by atoms with E-state index in [1.54, 1.807) is 0 Å². The largest absolute Gasteiger partial charge is 0.478 e. The molecule has 0 saturated heterocycles. The van der Waals surface area contributed by atoms with Gasteiger partial charge in [0.25, 0.3) is 0 Å². The van der Waals surface area contributed by atoms with Gasteiger partial charge in [0.05, 0.1) is 0 Å². The van der Waals surface area contributed by atoms with Crippen LogP contribution in [0.5, 0.6) is 0 Å². The number of carboxylic acids is 1. The molecule has 2 heteroatoms. The van der Waals surface area contributed by atoms with Gasteiger partial charge < -0.3 is 5.11 Å². The topological polar surface area (TPSA) is 37.3 Å². The zero-order valence-electron chi connectivity index (χ0n) is 9.61. The molecule has 0 unspecified atom stereocenters. The Labute approximate surface area is 92.4 Å². The monoisotopic (exact) mass is 210 g/mol. The maximum Gasteiger partial charge on any atom is 0.327 e. The minimum atomic E-state index is -0.817. The maximum absolute atomic E-state index is 10.4. The van der Waals surface area contributed by atoms with Crippen LogP contribution in [0.1, 0.15) is 51.9 Å². The lowest BCUT2D eigenvalue weighted by molar-refractivity contribution is -0.131. The fraction of sp³-hybridized carbons (Fsp3) is 0.769. The van der Waals surface area contributed by atoms with Crippen LogP contribution in [0.2, 0.25) is 0 Å². The number of rotatable bonds is 5. The molecule has 2 nitrogen and oxygen atoms in total. The van der Waals surface area contributed by atoms with Crippen molar-refractivity contribution in [3.63, 3.8) is 0 Å². The fourth-order valence-corrected chi connectivity index (χ4v) is 2.38. The molecule has 0 spiro atoms. The summed E-state index contributed by atoms with van der Waals surface area (Å²) < 4.78 is 0. The van der Waals surface area contributed by atoms with Gasteiger partial charge in [0, 0.05) is 6.08 Å². The van der Waals surface area contributed by atoms with E-state index in [4.69, 9.17) is 5.11 Å². The van der Waals surface area contributed by atoms with Crippen molar-refractivity contribution < 1.29 is 9.90 Å². The van der Waals surface area contributed by atoms with Gasteiger partial charge in [-0.15, -0.1) is 0 Å². The molecule has 1 aliphatic rings. The molecular formula is C13H22O2. The molecule has 0 bridgehead atoms. The van der Waals surface area contributed by atoms with Crippen LogP contribution in [-0.4, -0.2) is 11.1 Å². The van der Waals surface area contributed by atoms with Crippen molar-refractivity contribution in [3.8, 4) is 0 Å². The molecule has 15 heavy (non-hydrogen) atoms. The van der Waals surface area contributed by atoms with Crippen molar-refractivity contribution in [2.45, 2.75) is 51.9 Å². The summed E-state index contributed by atoms with van der Waals surface area (Å²) in [6.45, 7) is 2.24. The summed E-state index contributed by atoms with van der Waals surface area (Å²) in [5.41, 5.74) is 0. The molecular weight excluding hydrogens is 188 g/mol. The third-order valence-electron chi connectivity index (χ3n) is 3.37. The number of hydrogen-bond acceptors (Lipinski definition) is 1. The first-order valence-electron chi connectivity index (χ1n) is 6.13. The van der Waals surface area contributed by atoms with Crippen molar-refractivity contribution in [2.24, 2.45) is 11.8 Å². The average Bonchev–Trinajstić information content (AvgIpc) is 2.25. The molecule has 0 aromatic heterocycles. The Morgan fingerprint density at radius 1 is 1.33 bits per heavy atom. The number of carboxylic acid groups (broad SMARTS) is 1. The number of carbonyl (C=O) groups is 1. The summed E-state index contributed by atoms with van der Waals surface area (Å²) in [6.07, 6.45) is 12.1. The summed E-state index contributed by atoms with van der Waals surface area (Å²) in [6, 6.07) is 0. The van der Waals surface area contributed by atoms with Gasteiger partial charge in [-0.1, -0.05) is 32.3 Å². The first-order chi connectivity index (χ1) is 7.22. The lowest BCUT2D eigenvalue weighted by Crippen LogP contribution is -2.13. The minimum Gasteiger partial charge on any atom is -0.478 e. The molecule has 1 fully saturated rings. The summed E-state index contributed by atoms with van der Waals surface area (Å²) in [7, 11) is 0. The molecule has 86 valence electrons. The molecule has 1 N–H and O–H groups in total. The molecule has 1 aliphatic carbocycles. The van der Waals surface area contributed by atoms with Gasteiger partial charge in [0.1, 0.15) is 0 Å². The second-order valence-corrected chi connectivity index (χ2v) is 4.62. The fourth-order valence-electron chi connectivity index (χ4n) is 2.38. The van der Waals surface area contributed by atoms with Crippen LogP contribution in [0.4, 0.5) is 0 Å². The van der Waals surface area contributed by atoms with Crippen molar-refractivity contribution in [1.82, 2.24) is 0 Å². The number of allylic oxidation sites excluding steroid dienone is 1. The number of hydrogen-bond donors (Lipinski definition) is 1. The summed E-state index contributed by atoms with van der Waals surface area (Å²) in [4.78, 5) is 10.4. The van der Waals surface area contributed by atoms with Gasteiger partial charge in [-0.05, 0) is 37.5 Å². The molecule has 0 radical (unpaired) electrons. The van der Waals surface area contributed by atoms with Gasteiger partial charge in [-0.25, -0.2) is 4.79 Å². The second kappa shape index (κ2) is 6.65. The van der Waals surface area contributed by atoms with Gasteiger partial charge >= 0.3 is 5.97 Å². The summed E-state index contributed by atoms with van der Waals surface area (Å²) in [5.74, 6) is 0.599. The Morgan fingerprint density at radius 3 is 2.53 bits per heavy atom. The van der Waals surface area contributed by atoms with Crippen LogP contribution in [0.3, 0.4) is 0 Å². The quantitative estimate of drug-likeness (QED) is 0.704. The summed E-state index contributed by atoms with van der Waals surface area (Å²) >= 11 is 0. The molecule has 0 amide bonds. The van der Waals surface area contributed by atoms with Crippen molar-refractivity contribution in [1.29, 1.82) is 0 Å². The second-order valence-electron chi connectivity index (χ2n) is 4.62. The van der Waals surface area contributed by atoms with Crippen LogP contribution < -0.4 is 0 Å². The normalized spacial score (nSPS) is 27.0. The van der Waals surface area contributed by atoms with Crippen molar-refractivity contribution in [2.75, 3.05) is 0 Å². The molecule has 0 aliphatic heterocycles. The third kappa shape index (κ3) is 5.01. The van der Waals surface area contributed by atoms with Gasteiger partial charge in [0.2, 0.25) is 0 Å². The van der Waals surface area contributed by atoms with E-state index in [1.165, 1.54) is 51.0 Å². The number of unbranched alkanes of at least 4 members (excludes halogenated alkanes) is 1. The van der Waals surface area contributed by atoms with Crippen molar-refractivity contribution in [3.05, 3.63) is 12.2 Å². The highest BCUT2D eigenvalue weighted by molar-refractivity contribution is 5.79. The van der Waals surface area contributed by atoms with E-state index >= 15 is 0 Å². The predicted octanol–water partition coefficient (Wildman–Crippen LogP) is 3.62. The highest BCUT2D eigenvalue weighted by Gasteiger charge is 2.18. The van der Waals surface area contributed by atoms with Crippen LogP contribution in [0.25, 0.3) is 0 Å². The van der Waals surface area contributed by atoms with E-state index in [0.29, 0.717) is 5.92 Å². The first kappa shape index (κ1) is 12.3. The predicted molar refractivity (Wildman–Crippen MR) is 61.7 cm³/mol. The molecule has 0 aromatic carbocycles. The summed E-state index contributed by atoms with van der Waals surface area (Å²) in [5, 5.41) is 8.53. The van der Waals surface area contributed by atoms with E-state index in [1.807, 2.05) is 6.08 Å². The Morgan fingerprint density at radius 2 is 2.00 bits per heavy atom. The van der Waals surface area contributed by atoms with Gasteiger partial charge in [-0.2, -0.15) is 0 Å². The lowest BCUT2D eigenvalue weighted by atomic mass is 9.80. The van der Waals surface area contributed by atoms with Crippen LogP contribution in [0, 0.1) is 11.8 Å². The molecule has 0 heterocycles. The van der Waals surface area contributed by atoms with Crippen LogP contribution in [-0.2, 0) is 4.79 Å². The van der Waals surface area contributed by atoms with E-state index < -0.39 is 5.97 Å². The van der Waals surface area contributed by atoms with Gasteiger partial charge in [-0.3, -0.25) is 0 Å². The molecule has 0 aromatic rings. The van der Waals surface area contributed by atoms with Crippen molar-refractivity contribution >= 4 is 5.97 Å². The smallest absolute Gasteiger partial charge is 0.327 e. The van der Waals surface area contributed by atoms with Gasteiger partial charge in [0.15, 0.2) is 0 Å². The van der Waals surface area contributed by atoms with E-state index in [-0.39, 0.29) is 0 Å². The van der Waals surface area contributed by atoms with Crippen LogP contribution in [0.15, 0.2) is 12.2 Å². The molecule has 1 rings (SSSR count).